The second-order valence-electron chi connectivity index (χ2n) is 8.07. The highest BCUT2D eigenvalue weighted by Crippen LogP contribution is 2.42. The predicted octanol–water partition coefficient (Wildman–Crippen LogP) is 6.95. The molecule has 1 atom stereocenters. The average Bonchev–Trinajstić information content (AvgIpc) is 2.70. The molecule has 0 amide bonds. The first kappa shape index (κ1) is 17.3. The van der Waals surface area contributed by atoms with Crippen LogP contribution in [0.2, 0.25) is 0 Å². The van der Waals surface area contributed by atoms with Crippen molar-refractivity contribution < 1.29 is 0 Å². The van der Waals surface area contributed by atoms with Crippen LogP contribution >= 0.6 is 9.24 Å². The Morgan fingerprint density at radius 3 is 1.88 bits per heavy atom. The molecule has 0 aromatic heterocycles. The SMILES string of the molecule is Pc1c(-c2ccccc2)ccc(C2CCCCC2)c1C1CCCCC1. The van der Waals surface area contributed by atoms with Crippen LogP contribution in [0.3, 0.4) is 0 Å². The van der Waals surface area contributed by atoms with Crippen LogP contribution in [0.25, 0.3) is 11.1 Å². The van der Waals surface area contributed by atoms with E-state index in [0.29, 0.717) is 0 Å². The summed E-state index contributed by atoms with van der Waals surface area (Å²) in [5.74, 6) is 1.58. The summed E-state index contributed by atoms with van der Waals surface area (Å²) in [6, 6.07) is 15.8. The fourth-order valence-corrected chi connectivity index (χ4v) is 5.80. The Bertz CT molecular complexity index is 692. The highest BCUT2D eigenvalue weighted by molar-refractivity contribution is 7.28. The van der Waals surface area contributed by atoms with Crippen molar-refractivity contribution in [2.45, 2.75) is 76.0 Å². The van der Waals surface area contributed by atoms with Crippen LogP contribution in [0, 0.1) is 0 Å². The highest BCUT2D eigenvalue weighted by Gasteiger charge is 2.26. The lowest BCUT2D eigenvalue weighted by Gasteiger charge is -2.32. The van der Waals surface area contributed by atoms with E-state index < -0.39 is 0 Å². The van der Waals surface area contributed by atoms with Gasteiger partial charge in [-0.15, -0.1) is 9.24 Å². The first-order valence-electron chi connectivity index (χ1n) is 10.3. The molecule has 2 aliphatic carbocycles. The minimum absolute atomic E-state index is 0.779. The molecule has 0 aliphatic heterocycles. The Hall–Kier alpha value is -1.13. The van der Waals surface area contributed by atoms with Gasteiger partial charge in [0, 0.05) is 0 Å². The zero-order valence-corrected chi connectivity index (χ0v) is 16.5. The van der Waals surface area contributed by atoms with Crippen molar-refractivity contribution in [2.75, 3.05) is 0 Å². The second-order valence-corrected chi connectivity index (χ2v) is 8.64. The van der Waals surface area contributed by atoms with Crippen molar-refractivity contribution in [1.29, 1.82) is 0 Å². The highest BCUT2D eigenvalue weighted by atomic mass is 31.0. The molecule has 2 aliphatic rings. The Labute approximate surface area is 155 Å². The van der Waals surface area contributed by atoms with Crippen molar-refractivity contribution in [2.24, 2.45) is 0 Å². The van der Waals surface area contributed by atoms with Gasteiger partial charge in [0.15, 0.2) is 0 Å². The summed E-state index contributed by atoms with van der Waals surface area (Å²) in [5.41, 5.74) is 6.18. The van der Waals surface area contributed by atoms with Gasteiger partial charge >= 0.3 is 0 Å². The van der Waals surface area contributed by atoms with Gasteiger partial charge in [0.2, 0.25) is 0 Å². The fraction of sp³-hybridized carbons (Fsp3) is 0.500. The zero-order chi connectivity index (χ0) is 17.1. The van der Waals surface area contributed by atoms with Gasteiger partial charge in [0.05, 0.1) is 0 Å². The fourth-order valence-electron chi connectivity index (χ4n) is 5.14. The quantitative estimate of drug-likeness (QED) is 0.525. The smallest absolute Gasteiger partial charge is 0.0109 e. The molecular weight excluding hydrogens is 319 g/mol. The first-order chi connectivity index (χ1) is 12.3. The van der Waals surface area contributed by atoms with E-state index in [-0.39, 0.29) is 0 Å². The van der Waals surface area contributed by atoms with Gasteiger partial charge in [-0.1, -0.05) is 81.0 Å². The third kappa shape index (κ3) is 3.70. The van der Waals surface area contributed by atoms with Crippen LogP contribution in [0.1, 0.15) is 87.2 Å². The molecule has 1 unspecified atom stereocenters. The molecule has 0 heterocycles. The Morgan fingerprint density at radius 1 is 0.640 bits per heavy atom. The number of benzene rings is 2. The monoisotopic (exact) mass is 350 g/mol. The third-order valence-corrected chi connectivity index (χ3v) is 7.09. The predicted molar refractivity (Wildman–Crippen MR) is 113 cm³/mol. The maximum absolute atomic E-state index is 3.14. The van der Waals surface area contributed by atoms with E-state index in [9.17, 15) is 0 Å². The van der Waals surface area contributed by atoms with Gasteiger partial charge in [0.25, 0.3) is 0 Å². The van der Waals surface area contributed by atoms with Gasteiger partial charge in [0.1, 0.15) is 0 Å². The van der Waals surface area contributed by atoms with E-state index in [1.165, 1.54) is 80.6 Å². The molecule has 2 fully saturated rings. The molecule has 0 radical (unpaired) electrons. The van der Waals surface area contributed by atoms with Crippen molar-refractivity contribution in [3.8, 4) is 11.1 Å². The second kappa shape index (κ2) is 8.05. The van der Waals surface area contributed by atoms with Gasteiger partial charge in [-0.3, -0.25) is 0 Å². The van der Waals surface area contributed by atoms with E-state index in [0.717, 1.165) is 11.8 Å². The lowest BCUT2D eigenvalue weighted by atomic mass is 9.75. The lowest BCUT2D eigenvalue weighted by molar-refractivity contribution is 0.420. The summed E-state index contributed by atoms with van der Waals surface area (Å²) in [4.78, 5) is 0. The van der Waals surface area contributed by atoms with Gasteiger partial charge in [-0.2, -0.15) is 0 Å². The Balaban J connectivity index is 1.79. The minimum Gasteiger partial charge on any atom is -0.105 e. The van der Waals surface area contributed by atoms with Crippen LogP contribution in [-0.2, 0) is 0 Å². The molecule has 2 saturated carbocycles. The molecule has 2 aromatic rings. The molecular formula is C24H31P. The summed E-state index contributed by atoms with van der Waals surface area (Å²) in [6.45, 7) is 0. The minimum atomic E-state index is 0.779. The van der Waals surface area contributed by atoms with E-state index in [1.807, 2.05) is 0 Å². The summed E-state index contributed by atoms with van der Waals surface area (Å²) >= 11 is 0. The molecule has 0 spiro atoms. The summed E-state index contributed by atoms with van der Waals surface area (Å²) < 4.78 is 0. The number of hydrogen-bond acceptors (Lipinski definition) is 0. The van der Waals surface area contributed by atoms with E-state index >= 15 is 0 Å². The number of hydrogen-bond donors (Lipinski definition) is 0. The van der Waals surface area contributed by atoms with Crippen LogP contribution < -0.4 is 5.30 Å². The summed E-state index contributed by atoms with van der Waals surface area (Å²) in [7, 11) is 3.14. The summed E-state index contributed by atoms with van der Waals surface area (Å²) in [5, 5.41) is 1.49. The van der Waals surface area contributed by atoms with Gasteiger partial charge < -0.3 is 0 Å². The molecule has 4 rings (SSSR count). The van der Waals surface area contributed by atoms with Crippen LogP contribution in [0.5, 0.6) is 0 Å². The average molecular weight is 350 g/mol. The van der Waals surface area contributed by atoms with Crippen molar-refractivity contribution >= 4 is 14.5 Å². The van der Waals surface area contributed by atoms with Crippen molar-refractivity contribution in [3.05, 3.63) is 53.6 Å². The van der Waals surface area contributed by atoms with E-state index in [1.54, 1.807) is 11.1 Å². The topological polar surface area (TPSA) is 0 Å². The first-order valence-corrected chi connectivity index (χ1v) is 10.9. The van der Waals surface area contributed by atoms with Gasteiger partial charge in [-0.25, -0.2) is 0 Å². The standard InChI is InChI=1S/C24H31P/c25-24-22(19-12-6-2-7-13-19)17-16-21(18-10-4-1-5-11-18)23(24)20-14-8-3-9-15-20/h2,6-7,12-13,16-18,20H,1,3-5,8-11,14-15,25H2. The van der Waals surface area contributed by atoms with Crippen LogP contribution in [-0.4, -0.2) is 0 Å². The molecule has 0 saturated heterocycles. The largest absolute Gasteiger partial charge is 0.105 e. The Morgan fingerprint density at radius 2 is 1.24 bits per heavy atom. The normalized spacial score (nSPS) is 19.9. The maximum Gasteiger partial charge on any atom is -0.0109 e. The molecule has 25 heavy (non-hydrogen) atoms. The molecule has 0 bridgehead atoms. The lowest BCUT2D eigenvalue weighted by Crippen LogP contribution is -2.19. The van der Waals surface area contributed by atoms with E-state index in [2.05, 4.69) is 51.7 Å². The maximum atomic E-state index is 3.14. The molecule has 2 aromatic carbocycles. The van der Waals surface area contributed by atoms with Crippen molar-refractivity contribution in [3.63, 3.8) is 0 Å². The molecule has 1 heteroatoms. The Kier molecular flexibility index (Phi) is 5.57. The molecule has 132 valence electrons. The zero-order valence-electron chi connectivity index (χ0n) is 15.3. The van der Waals surface area contributed by atoms with Crippen molar-refractivity contribution in [1.82, 2.24) is 0 Å². The van der Waals surface area contributed by atoms with E-state index in [4.69, 9.17) is 0 Å². The molecule has 0 N–H and O–H groups in total. The number of rotatable bonds is 3. The van der Waals surface area contributed by atoms with Gasteiger partial charge in [-0.05, 0) is 65.1 Å². The van der Waals surface area contributed by atoms with Crippen LogP contribution in [0.15, 0.2) is 42.5 Å². The summed E-state index contributed by atoms with van der Waals surface area (Å²) in [6.07, 6.45) is 14.1. The third-order valence-electron chi connectivity index (χ3n) is 6.46. The van der Waals surface area contributed by atoms with Crippen LogP contribution in [0.4, 0.5) is 0 Å². The molecule has 0 nitrogen and oxygen atoms in total.